The molecule has 78 valence electrons. The van der Waals surface area contributed by atoms with Crippen LogP contribution in [0.25, 0.3) is 10.9 Å². The fourth-order valence-electron chi connectivity index (χ4n) is 1.56. The van der Waals surface area contributed by atoms with Crippen LogP contribution in [0.15, 0.2) is 33.5 Å². The van der Waals surface area contributed by atoms with E-state index < -0.39 is 0 Å². The summed E-state index contributed by atoms with van der Waals surface area (Å²) in [5, 5.41) is 1.03. The zero-order valence-electron chi connectivity index (χ0n) is 8.09. The zero-order chi connectivity index (χ0) is 10.8. The van der Waals surface area contributed by atoms with Crippen molar-refractivity contribution >= 4 is 26.8 Å². The van der Waals surface area contributed by atoms with E-state index in [1.165, 1.54) is 0 Å². The lowest BCUT2D eigenvalue weighted by molar-refractivity contribution is 0.949. The van der Waals surface area contributed by atoms with Crippen molar-refractivity contribution in [1.29, 1.82) is 0 Å². The average molecular weight is 267 g/mol. The van der Waals surface area contributed by atoms with Crippen LogP contribution in [-0.4, -0.2) is 11.5 Å². The standard InChI is InChI=1S/C11H11BrN2O/c12-9-2-1-7-5-8(3-4-13)11(15)14-10(7)6-9/h1-2,5-6H,3-4,13H2,(H,14,15). The molecule has 3 N–H and O–H groups in total. The van der Waals surface area contributed by atoms with Gasteiger partial charge in [0, 0.05) is 15.6 Å². The van der Waals surface area contributed by atoms with Crippen LogP contribution in [0, 0.1) is 0 Å². The number of H-pyrrole nitrogens is 1. The second kappa shape index (κ2) is 4.16. The Balaban J connectivity index is 2.65. The number of hydrogen-bond acceptors (Lipinski definition) is 2. The van der Waals surface area contributed by atoms with E-state index >= 15 is 0 Å². The molecule has 0 atom stereocenters. The second-order valence-electron chi connectivity index (χ2n) is 3.39. The molecular formula is C11H11BrN2O. The van der Waals surface area contributed by atoms with Crippen LogP contribution in [0.5, 0.6) is 0 Å². The number of aromatic nitrogens is 1. The molecule has 1 heterocycles. The van der Waals surface area contributed by atoms with E-state index in [0.717, 1.165) is 20.9 Å². The Bertz CT molecular complexity index is 548. The lowest BCUT2D eigenvalue weighted by Gasteiger charge is -2.02. The van der Waals surface area contributed by atoms with Crippen LogP contribution >= 0.6 is 15.9 Å². The van der Waals surface area contributed by atoms with Crippen LogP contribution in [-0.2, 0) is 6.42 Å². The molecular weight excluding hydrogens is 256 g/mol. The molecule has 1 aromatic carbocycles. The molecule has 2 aromatic rings. The van der Waals surface area contributed by atoms with Gasteiger partial charge in [0.2, 0.25) is 0 Å². The van der Waals surface area contributed by atoms with E-state index in [4.69, 9.17) is 5.73 Å². The predicted molar refractivity (Wildman–Crippen MR) is 65.0 cm³/mol. The Morgan fingerprint density at radius 3 is 2.87 bits per heavy atom. The van der Waals surface area contributed by atoms with Gasteiger partial charge in [0.1, 0.15) is 0 Å². The number of hydrogen-bond donors (Lipinski definition) is 2. The van der Waals surface area contributed by atoms with Crippen molar-refractivity contribution in [2.24, 2.45) is 5.73 Å². The summed E-state index contributed by atoms with van der Waals surface area (Å²) in [5.41, 5.74) is 6.97. The van der Waals surface area contributed by atoms with Gasteiger partial charge in [0.05, 0.1) is 0 Å². The molecule has 1 aromatic heterocycles. The largest absolute Gasteiger partial charge is 0.330 e. The van der Waals surface area contributed by atoms with E-state index in [-0.39, 0.29) is 5.56 Å². The average Bonchev–Trinajstić information content (AvgIpc) is 2.20. The van der Waals surface area contributed by atoms with E-state index in [1.54, 1.807) is 0 Å². The summed E-state index contributed by atoms with van der Waals surface area (Å²) in [4.78, 5) is 14.5. The van der Waals surface area contributed by atoms with E-state index in [0.29, 0.717) is 13.0 Å². The van der Waals surface area contributed by atoms with E-state index in [2.05, 4.69) is 20.9 Å². The Labute approximate surface area is 95.4 Å². The van der Waals surface area contributed by atoms with Crippen molar-refractivity contribution in [1.82, 2.24) is 4.98 Å². The number of pyridine rings is 1. The molecule has 0 radical (unpaired) electrons. The lowest BCUT2D eigenvalue weighted by atomic mass is 10.1. The predicted octanol–water partition coefficient (Wildman–Crippen LogP) is 1.79. The first-order valence-electron chi connectivity index (χ1n) is 4.72. The zero-order valence-corrected chi connectivity index (χ0v) is 9.67. The van der Waals surface area contributed by atoms with Crippen LogP contribution in [0.4, 0.5) is 0 Å². The van der Waals surface area contributed by atoms with Gasteiger partial charge < -0.3 is 10.7 Å². The van der Waals surface area contributed by atoms with Crippen molar-refractivity contribution in [2.75, 3.05) is 6.54 Å². The summed E-state index contributed by atoms with van der Waals surface area (Å²) in [6.07, 6.45) is 0.612. The summed E-state index contributed by atoms with van der Waals surface area (Å²) < 4.78 is 0.956. The molecule has 4 heteroatoms. The molecule has 0 spiro atoms. The molecule has 0 saturated carbocycles. The molecule has 0 aliphatic rings. The van der Waals surface area contributed by atoms with Crippen LogP contribution < -0.4 is 11.3 Å². The molecule has 0 aliphatic carbocycles. The normalized spacial score (nSPS) is 10.8. The van der Waals surface area contributed by atoms with Gasteiger partial charge in [-0.15, -0.1) is 0 Å². The minimum atomic E-state index is -0.0500. The molecule has 0 aliphatic heterocycles. The summed E-state index contributed by atoms with van der Waals surface area (Å²) >= 11 is 3.36. The molecule has 2 rings (SSSR count). The first-order valence-corrected chi connectivity index (χ1v) is 5.51. The maximum absolute atomic E-state index is 11.6. The highest BCUT2D eigenvalue weighted by atomic mass is 79.9. The Morgan fingerprint density at radius 1 is 1.33 bits per heavy atom. The Morgan fingerprint density at radius 2 is 2.13 bits per heavy atom. The highest BCUT2D eigenvalue weighted by Crippen LogP contribution is 2.17. The number of nitrogens with two attached hydrogens (primary N) is 1. The summed E-state index contributed by atoms with van der Waals surface area (Å²) in [6, 6.07) is 7.71. The van der Waals surface area contributed by atoms with Crippen molar-refractivity contribution in [3.8, 4) is 0 Å². The third kappa shape index (κ3) is 2.11. The smallest absolute Gasteiger partial charge is 0.251 e. The first kappa shape index (κ1) is 10.4. The summed E-state index contributed by atoms with van der Waals surface area (Å²) in [5.74, 6) is 0. The fourth-order valence-corrected chi connectivity index (χ4v) is 1.92. The minimum Gasteiger partial charge on any atom is -0.330 e. The van der Waals surface area contributed by atoms with Gasteiger partial charge in [-0.3, -0.25) is 4.79 Å². The molecule has 0 bridgehead atoms. The van der Waals surface area contributed by atoms with Gasteiger partial charge in [0.25, 0.3) is 5.56 Å². The molecule has 0 unspecified atom stereocenters. The quantitative estimate of drug-likeness (QED) is 0.871. The number of rotatable bonds is 2. The molecule has 3 nitrogen and oxygen atoms in total. The van der Waals surface area contributed by atoms with Crippen molar-refractivity contribution in [3.05, 3.63) is 44.7 Å². The topological polar surface area (TPSA) is 58.9 Å². The van der Waals surface area contributed by atoms with Gasteiger partial charge >= 0.3 is 0 Å². The maximum atomic E-state index is 11.6. The van der Waals surface area contributed by atoms with Crippen LogP contribution in [0.3, 0.4) is 0 Å². The van der Waals surface area contributed by atoms with Crippen molar-refractivity contribution in [3.63, 3.8) is 0 Å². The van der Waals surface area contributed by atoms with Gasteiger partial charge in [-0.1, -0.05) is 22.0 Å². The van der Waals surface area contributed by atoms with E-state index in [9.17, 15) is 4.79 Å². The third-order valence-corrected chi connectivity index (χ3v) is 2.79. The SMILES string of the molecule is NCCc1cc2ccc(Br)cc2[nH]c1=O. The molecule has 0 saturated heterocycles. The van der Waals surface area contributed by atoms with Crippen LogP contribution in [0.2, 0.25) is 0 Å². The minimum absolute atomic E-state index is 0.0500. The second-order valence-corrected chi connectivity index (χ2v) is 4.31. The van der Waals surface area contributed by atoms with E-state index in [1.807, 2.05) is 24.3 Å². The maximum Gasteiger partial charge on any atom is 0.251 e. The Hall–Kier alpha value is -1.13. The monoisotopic (exact) mass is 266 g/mol. The number of halogens is 1. The number of nitrogens with one attached hydrogen (secondary N) is 1. The highest BCUT2D eigenvalue weighted by molar-refractivity contribution is 9.10. The third-order valence-electron chi connectivity index (χ3n) is 2.30. The molecule has 15 heavy (non-hydrogen) atoms. The van der Waals surface area contributed by atoms with Gasteiger partial charge in [-0.25, -0.2) is 0 Å². The number of fused-ring (bicyclic) bond motifs is 1. The molecule has 0 amide bonds. The van der Waals surface area contributed by atoms with Gasteiger partial charge in [0.15, 0.2) is 0 Å². The van der Waals surface area contributed by atoms with Gasteiger partial charge in [-0.05, 0) is 36.6 Å². The summed E-state index contributed by atoms with van der Waals surface area (Å²) in [6.45, 7) is 0.491. The number of benzene rings is 1. The van der Waals surface area contributed by atoms with Gasteiger partial charge in [-0.2, -0.15) is 0 Å². The number of aromatic amines is 1. The summed E-state index contributed by atoms with van der Waals surface area (Å²) in [7, 11) is 0. The lowest BCUT2D eigenvalue weighted by Crippen LogP contribution is -2.16. The molecule has 0 fully saturated rings. The fraction of sp³-hybridized carbons (Fsp3) is 0.182. The van der Waals surface area contributed by atoms with Crippen LogP contribution in [0.1, 0.15) is 5.56 Å². The first-order chi connectivity index (χ1) is 7.20. The highest BCUT2D eigenvalue weighted by Gasteiger charge is 2.02. The Kier molecular flexibility index (Phi) is 2.88. The van der Waals surface area contributed by atoms with Crippen molar-refractivity contribution < 1.29 is 0 Å². The van der Waals surface area contributed by atoms with Crippen molar-refractivity contribution in [2.45, 2.75) is 6.42 Å².